The van der Waals surface area contributed by atoms with E-state index in [9.17, 15) is 4.79 Å². The Morgan fingerprint density at radius 3 is 2.92 bits per heavy atom. The summed E-state index contributed by atoms with van der Waals surface area (Å²) in [5.41, 5.74) is 3.17. The molecule has 2 N–H and O–H groups in total. The minimum absolute atomic E-state index is 0.237. The molecule has 1 aromatic carbocycles. The summed E-state index contributed by atoms with van der Waals surface area (Å²) in [6.45, 7) is 1.17. The molecule has 26 heavy (non-hydrogen) atoms. The molecule has 0 unspecified atom stereocenters. The van der Waals surface area contributed by atoms with Gasteiger partial charge in [0.25, 0.3) is 5.91 Å². The Hall–Kier alpha value is -3.61. The molecule has 7 nitrogen and oxygen atoms in total. The zero-order valence-electron chi connectivity index (χ0n) is 13.9. The number of aromatic amines is 1. The van der Waals surface area contributed by atoms with E-state index >= 15 is 0 Å². The maximum atomic E-state index is 12.3. The first-order chi connectivity index (χ1) is 12.8. The van der Waals surface area contributed by atoms with Crippen LogP contribution in [0.15, 0.2) is 71.9 Å². The predicted molar refractivity (Wildman–Crippen MR) is 95.2 cm³/mol. The molecule has 4 rings (SSSR count). The lowest BCUT2D eigenvalue weighted by Gasteiger charge is -2.07. The Kier molecular flexibility index (Phi) is 4.34. The van der Waals surface area contributed by atoms with Crippen molar-refractivity contribution in [2.45, 2.75) is 13.1 Å². The van der Waals surface area contributed by atoms with Gasteiger partial charge >= 0.3 is 0 Å². The highest BCUT2D eigenvalue weighted by Crippen LogP contribution is 2.17. The van der Waals surface area contributed by atoms with Crippen LogP contribution < -0.4 is 5.32 Å². The van der Waals surface area contributed by atoms with Gasteiger partial charge in [0.2, 0.25) is 0 Å². The molecule has 0 radical (unpaired) electrons. The zero-order chi connectivity index (χ0) is 17.8. The monoisotopic (exact) mass is 347 g/mol. The largest absolute Gasteiger partial charge is 0.463 e. The van der Waals surface area contributed by atoms with Gasteiger partial charge in [-0.05, 0) is 23.3 Å². The Morgan fingerprint density at radius 1 is 1.19 bits per heavy atom. The summed E-state index contributed by atoms with van der Waals surface area (Å²) in [6, 6.07) is 13.3. The van der Waals surface area contributed by atoms with E-state index in [0.29, 0.717) is 23.7 Å². The zero-order valence-corrected chi connectivity index (χ0v) is 13.9. The van der Waals surface area contributed by atoms with Crippen LogP contribution in [-0.2, 0) is 13.1 Å². The molecule has 0 atom stereocenters. The summed E-state index contributed by atoms with van der Waals surface area (Å²) in [6.07, 6.45) is 7.03. The van der Waals surface area contributed by atoms with Gasteiger partial charge < -0.3 is 14.3 Å². The lowest BCUT2D eigenvalue weighted by atomic mass is 10.1. The van der Waals surface area contributed by atoms with Crippen molar-refractivity contribution in [3.05, 3.63) is 84.3 Å². The topological polar surface area (TPSA) is 88.7 Å². The number of carbonyl (C=O) groups excluding carboxylic acids is 1. The van der Waals surface area contributed by atoms with Crippen LogP contribution in [-0.4, -0.2) is 25.7 Å². The Labute approximate surface area is 149 Å². The van der Waals surface area contributed by atoms with E-state index in [1.807, 2.05) is 22.9 Å². The fourth-order valence-electron chi connectivity index (χ4n) is 2.70. The Morgan fingerprint density at radius 2 is 2.12 bits per heavy atom. The van der Waals surface area contributed by atoms with Crippen molar-refractivity contribution < 1.29 is 9.21 Å². The molecule has 3 aromatic heterocycles. The molecule has 0 aliphatic carbocycles. The maximum absolute atomic E-state index is 12.3. The number of carbonyl (C=O) groups is 1. The normalized spacial score (nSPS) is 10.8. The summed E-state index contributed by atoms with van der Waals surface area (Å²) < 4.78 is 7.29. The molecule has 0 fully saturated rings. The average molecular weight is 347 g/mol. The van der Waals surface area contributed by atoms with E-state index in [-0.39, 0.29) is 5.91 Å². The molecule has 3 heterocycles. The number of hydrogen-bond donors (Lipinski definition) is 2. The lowest BCUT2D eigenvalue weighted by Crippen LogP contribution is -2.23. The molecule has 0 aliphatic heterocycles. The molecule has 4 aromatic rings. The smallest absolute Gasteiger partial charge is 0.272 e. The first-order valence-electron chi connectivity index (χ1n) is 8.19. The van der Waals surface area contributed by atoms with Crippen LogP contribution >= 0.6 is 0 Å². The standard InChI is InChI=1S/C19H17N5O2/c25-19(17-10-16(22-23-17)18-5-2-8-26-18)21-11-14-3-1-4-15(9-14)12-24-7-6-20-13-24/h1-10,13H,11-12H2,(H,21,25)(H,22,23). The summed E-state index contributed by atoms with van der Waals surface area (Å²) >= 11 is 0. The molecule has 1 amide bonds. The number of furan rings is 1. The quantitative estimate of drug-likeness (QED) is 0.561. The number of aromatic nitrogens is 4. The van der Waals surface area contributed by atoms with E-state index in [0.717, 1.165) is 17.7 Å². The SMILES string of the molecule is O=C(NCc1cccc(Cn2ccnc2)c1)c1cc(-c2ccco2)[nH]n1. The van der Waals surface area contributed by atoms with Gasteiger partial charge in [0.1, 0.15) is 5.69 Å². The number of benzene rings is 1. The fourth-order valence-corrected chi connectivity index (χ4v) is 2.70. The number of rotatable bonds is 6. The first kappa shape index (κ1) is 15.9. The van der Waals surface area contributed by atoms with Gasteiger partial charge in [0.05, 0.1) is 12.6 Å². The summed E-state index contributed by atoms with van der Waals surface area (Å²) in [4.78, 5) is 16.3. The van der Waals surface area contributed by atoms with Gasteiger partial charge in [-0.25, -0.2) is 4.98 Å². The second-order valence-electron chi connectivity index (χ2n) is 5.88. The molecule has 0 saturated carbocycles. The van der Waals surface area contributed by atoms with Crippen LogP contribution in [0.4, 0.5) is 0 Å². The number of H-pyrrole nitrogens is 1. The molecule has 0 saturated heterocycles. The van der Waals surface area contributed by atoms with Crippen molar-refractivity contribution in [2.75, 3.05) is 0 Å². The number of nitrogens with zero attached hydrogens (tertiary/aromatic N) is 3. The van der Waals surface area contributed by atoms with E-state index in [1.54, 1.807) is 37.0 Å². The molecular weight excluding hydrogens is 330 g/mol. The molecule has 0 spiro atoms. The van der Waals surface area contributed by atoms with Crippen molar-refractivity contribution in [3.63, 3.8) is 0 Å². The van der Waals surface area contributed by atoms with E-state index in [2.05, 4.69) is 32.6 Å². The summed E-state index contributed by atoms with van der Waals surface area (Å²) in [5.74, 6) is 0.405. The first-order valence-corrected chi connectivity index (χ1v) is 8.19. The predicted octanol–water partition coefficient (Wildman–Crippen LogP) is 2.84. The van der Waals surface area contributed by atoms with E-state index in [1.165, 1.54) is 0 Å². The summed E-state index contributed by atoms with van der Waals surface area (Å²) in [5, 5.41) is 9.74. The average Bonchev–Trinajstić information content (AvgIpc) is 3.41. The van der Waals surface area contributed by atoms with Crippen LogP contribution in [0.2, 0.25) is 0 Å². The van der Waals surface area contributed by atoms with Crippen LogP contribution in [0.1, 0.15) is 21.6 Å². The van der Waals surface area contributed by atoms with Crippen molar-refractivity contribution >= 4 is 5.91 Å². The van der Waals surface area contributed by atoms with Crippen molar-refractivity contribution in [2.24, 2.45) is 0 Å². The second kappa shape index (κ2) is 7.10. The maximum Gasteiger partial charge on any atom is 0.272 e. The molecule has 0 aliphatic rings. The van der Waals surface area contributed by atoms with Crippen molar-refractivity contribution in [1.29, 1.82) is 0 Å². The lowest BCUT2D eigenvalue weighted by molar-refractivity contribution is 0.0946. The van der Waals surface area contributed by atoms with Gasteiger partial charge in [-0.15, -0.1) is 0 Å². The highest BCUT2D eigenvalue weighted by atomic mass is 16.3. The van der Waals surface area contributed by atoms with Crippen LogP contribution in [0.3, 0.4) is 0 Å². The molecule has 130 valence electrons. The second-order valence-corrected chi connectivity index (χ2v) is 5.88. The van der Waals surface area contributed by atoms with Crippen LogP contribution in [0.5, 0.6) is 0 Å². The third-order valence-corrected chi connectivity index (χ3v) is 3.97. The van der Waals surface area contributed by atoms with Gasteiger partial charge in [-0.2, -0.15) is 5.10 Å². The van der Waals surface area contributed by atoms with E-state index in [4.69, 9.17) is 4.42 Å². The number of imidazole rings is 1. The molecular formula is C19H17N5O2. The molecule has 7 heteroatoms. The van der Waals surface area contributed by atoms with Crippen molar-refractivity contribution in [1.82, 2.24) is 25.1 Å². The summed E-state index contributed by atoms with van der Waals surface area (Å²) in [7, 11) is 0. The van der Waals surface area contributed by atoms with Gasteiger partial charge in [-0.3, -0.25) is 9.89 Å². The fraction of sp³-hybridized carbons (Fsp3) is 0.105. The number of nitrogens with one attached hydrogen (secondary N) is 2. The van der Waals surface area contributed by atoms with Gasteiger partial charge in [0, 0.05) is 31.5 Å². The van der Waals surface area contributed by atoms with Gasteiger partial charge in [-0.1, -0.05) is 24.3 Å². The van der Waals surface area contributed by atoms with Gasteiger partial charge in [0.15, 0.2) is 11.5 Å². The number of amides is 1. The van der Waals surface area contributed by atoms with Crippen LogP contribution in [0, 0.1) is 0 Å². The van der Waals surface area contributed by atoms with E-state index < -0.39 is 0 Å². The number of hydrogen-bond acceptors (Lipinski definition) is 4. The third kappa shape index (κ3) is 3.56. The van der Waals surface area contributed by atoms with Crippen LogP contribution in [0.25, 0.3) is 11.5 Å². The highest BCUT2D eigenvalue weighted by molar-refractivity contribution is 5.93. The highest BCUT2D eigenvalue weighted by Gasteiger charge is 2.12. The minimum Gasteiger partial charge on any atom is -0.463 e. The third-order valence-electron chi connectivity index (χ3n) is 3.97. The minimum atomic E-state index is -0.237. The Balaban J connectivity index is 1.38. The van der Waals surface area contributed by atoms with Crippen molar-refractivity contribution in [3.8, 4) is 11.5 Å². The molecule has 0 bridgehead atoms. The Bertz CT molecular complexity index is 987.